The third-order valence-corrected chi connectivity index (χ3v) is 4.83. The minimum Gasteiger partial charge on any atom is -0.481 e. The SMILES string of the molecule is Cc1c(C(=O)NC2(CC(=O)O)CCC2)cnn1-c1ccccc1Cl. The maximum atomic E-state index is 12.6. The lowest BCUT2D eigenvalue weighted by molar-refractivity contribution is -0.139. The normalized spacial score (nSPS) is 15.6. The summed E-state index contributed by atoms with van der Waals surface area (Å²) in [5.74, 6) is -1.20. The molecule has 2 N–H and O–H groups in total. The molecule has 1 heterocycles. The molecule has 1 aromatic heterocycles. The van der Waals surface area contributed by atoms with E-state index in [1.807, 2.05) is 18.2 Å². The zero-order valence-corrected chi connectivity index (χ0v) is 14.0. The lowest BCUT2D eigenvalue weighted by atomic mass is 9.74. The van der Waals surface area contributed by atoms with Crippen LogP contribution in [0.5, 0.6) is 0 Å². The van der Waals surface area contributed by atoms with E-state index in [1.54, 1.807) is 17.7 Å². The van der Waals surface area contributed by atoms with Gasteiger partial charge < -0.3 is 10.4 Å². The van der Waals surface area contributed by atoms with Gasteiger partial charge in [0.25, 0.3) is 5.91 Å². The number of carbonyl (C=O) groups excluding carboxylic acids is 1. The van der Waals surface area contributed by atoms with Crippen LogP contribution in [0.1, 0.15) is 41.7 Å². The van der Waals surface area contributed by atoms with Crippen LogP contribution in [0.15, 0.2) is 30.5 Å². The standard InChI is InChI=1S/C17H18ClN3O3/c1-11-12(10-19-21(11)14-6-3-2-5-13(14)18)16(24)20-17(7-4-8-17)9-15(22)23/h2-3,5-6,10H,4,7-9H2,1H3,(H,20,24)(H,22,23). The molecule has 3 rings (SSSR count). The molecule has 0 radical (unpaired) electrons. The zero-order valence-electron chi connectivity index (χ0n) is 13.3. The maximum Gasteiger partial charge on any atom is 0.305 e. The average Bonchev–Trinajstić information content (AvgIpc) is 2.86. The monoisotopic (exact) mass is 347 g/mol. The molecule has 7 heteroatoms. The van der Waals surface area contributed by atoms with Crippen LogP contribution in [0.3, 0.4) is 0 Å². The predicted octanol–water partition coefficient (Wildman–Crippen LogP) is 2.96. The highest BCUT2D eigenvalue weighted by Crippen LogP contribution is 2.35. The second-order valence-corrected chi connectivity index (χ2v) is 6.57. The Kier molecular flexibility index (Phi) is 4.32. The van der Waals surface area contributed by atoms with Gasteiger partial charge in [-0.2, -0.15) is 5.10 Å². The van der Waals surface area contributed by atoms with Crippen LogP contribution >= 0.6 is 11.6 Å². The van der Waals surface area contributed by atoms with Gasteiger partial charge in [0.15, 0.2) is 0 Å². The summed E-state index contributed by atoms with van der Waals surface area (Å²) >= 11 is 6.19. The first-order chi connectivity index (χ1) is 11.4. The van der Waals surface area contributed by atoms with E-state index in [0.29, 0.717) is 34.8 Å². The highest BCUT2D eigenvalue weighted by molar-refractivity contribution is 6.32. The fourth-order valence-electron chi connectivity index (χ4n) is 3.05. The van der Waals surface area contributed by atoms with Crippen LogP contribution in [0.2, 0.25) is 5.02 Å². The summed E-state index contributed by atoms with van der Waals surface area (Å²) in [6, 6.07) is 7.25. The third kappa shape index (κ3) is 3.01. The van der Waals surface area contributed by atoms with Crippen molar-refractivity contribution in [1.82, 2.24) is 15.1 Å². The Balaban J connectivity index is 1.84. The molecule has 1 aromatic carbocycles. The minimum atomic E-state index is -0.904. The molecule has 1 aliphatic rings. The van der Waals surface area contributed by atoms with Gasteiger partial charge in [-0.1, -0.05) is 23.7 Å². The molecular formula is C17H18ClN3O3. The molecule has 1 fully saturated rings. The molecule has 1 saturated carbocycles. The van der Waals surface area contributed by atoms with Crippen LogP contribution in [-0.2, 0) is 4.79 Å². The van der Waals surface area contributed by atoms with E-state index in [-0.39, 0.29) is 12.3 Å². The molecule has 1 amide bonds. The molecule has 1 aliphatic carbocycles. The van der Waals surface area contributed by atoms with Gasteiger partial charge in [-0.25, -0.2) is 4.68 Å². The minimum absolute atomic E-state index is 0.0591. The Morgan fingerprint density at radius 2 is 2.08 bits per heavy atom. The number of carboxylic acids is 1. The molecule has 6 nitrogen and oxygen atoms in total. The van der Waals surface area contributed by atoms with Crippen LogP contribution in [0.4, 0.5) is 0 Å². The van der Waals surface area contributed by atoms with E-state index < -0.39 is 11.5 Å². The first-order valence-corrected chi connectivity index (χ1v) is 8.13. The smallest absolute Gasteiger partial charge is 0.305 e. The Hall–Kier alpha value is -2.34. The van der Waals surface area contributed by atoms with Crippen LogP contribution in [-0.4, -0.2) is 32.3 Å². The summed E-state index contributed by atoms with van der Waals surface area (Å²) in [5.41, 5.74) is 1.14. The molecule has 2 aromatic rings. The van der Waals surface area contributed by atoms with E-state index in [0.717, 1.165) is 6.42 Å². The van der Waals surface area contributed by atoms with Gasteiger partial charge in [0.1, 0.15) is 0 Å². The van der Waals surface area contributed by atoms with Gasteiger partial charge in [0.2, 0.25) is 0 Å². The predicted molar refractivity (Wildman–Crippen MR) is 89.6 cm³/mol. The largest absolute Gasteiger partial charge is 0.481 e. The number of nitrogens with one attached hydrogen (secondary N) is 1. The Labute approximate surface area is 144 Å². The molecule has 0 spiro atoms. The first kappa shape index (κ1) is 16.5. The van der Waals surface area contributed by atoms with Crippen molar-refractivity contribution in [2.45, 2.75) is 38.1 Å². The summed E-state index contributed by atoms with van der Waals surface area (Å²) < 4.78 is 1.61. The van der Waals surface area contributed by atoms with Crippen molar-refractivity contribution < 1.29 is 14.7 Å². The van der Waals surface area contributed by atoms with Crippen molar-refractivity contribution in [3.8, 4) is 5.69 Å². The number of amides is 1. The zero-order chi connectivity index (χ0) is 17.3. The fraction of sp³-hybridized carbons (Fsp3) is 0.353. The van der Waals surface area contributed by atoms with Crippen molar-refractivity contribution in [2.75, 3.05) is 0 Å². The Morgan fingerprint density at radius 1 is 1.38 bits per heavy atom. The van der Waals surface area contributed by atoms with Crippen molar-refractivity contribution in [3.63, 3.8) is 0 Å². The van der Waals surface area contributed by atoms with E-state index in [9.17, 15) is 9.59 Å². The second kappa shape index (κ2) is 6.28. The lowest BCUT2D eigenvalue weighted by Crippen LogP contribution is -2.54. The van der Waals surface area contributed by atoms with E-state index in [4.69, 9.17) is 16.7 Å². The van der Waals surface area contributed by atoms with Crippen LogP contribution in [0.25, 0.3) is 5.69 Å². The number of carboxylic acid groups (broad SMARTS) is 1. The third-order valence-electron chi connectivity index (χ3n) is 4.51. The summed E-state index contributed by atoms with van der Waals surface area (Å²) in [5, 5.41) is 16.7. The Morgan fingerprint density at radius 3 is 2.67 bits per heavy atom. The number of carbonyl (C=O) groups is 2. The maximum absolute atomic E-state index is 12.6. The molecule has 24 heavy (non-hydrogen) atoms. The molecule has 0 saturated heterocycles. The van der Waals surface area contributed by atoms with Gasteiger partial charge in [-0.05, 0) is 38.3 Å². The van der Waals surface area contributed by atoms with Gasteiger partial charge in [0, 0.05) is 0 Å². The Bertz CT molecular complexity index is 796. The number of rotatable bonds is 5. The summed E-state index contributed by atoms with van der Waals surface area (Å²) in [4.78, 5) is 23.6. The number of aliphatic carboxylic acids is 1. The number of hydrogen-bond acceptors (Lipinski definition) is 3. The van der Waals surface area contributed by atoms with Crippen molar-refractivity contribution in [1.29, 1.82) is 0 Å². The number of nitrogens with zero attached hydrogens (tertiary/aromatic N) is 2. The topological polar surface area (TPSA) is 84.2 Å². The lowest BCUT2D eigenvalue weighted by Gasteiger charge is -2.41. The molecular weight excluding hydrogens is 330 g/mol. The second-order valence-electron chi connectivity index (χ2n) is 6.17. The van der Waals surface area contributed by atoms with Gasteiger partial charge in [-0.3, -0.25) is 9.59 Å². The molecule has 126 valence electrons. The van der Waals surface area contributed by atoms with E-state index >= 15 is 0 Å². The number of para-hydroxylation sites is 1. The number of halogens is 1. The first-order valence-electron chi connectivity index (χ1n) is 7.76. The highest BCUT2D eigenvalue weighted by Gasteiger charge is 2.40. The van der Waals surface area contributed by atoms with Crippen LogP contribution in [0, 0.1) is 6.92 Å². The van der Waals surface area contributed by atoms with Crippen LogP contribution < -0.4 is 5.32 Å². The number of aromatic nitrogens is 2. The van der Waals surface area contributed by atoms with E-state index in [2.05, 4.69) is 10.4 Å². The van der Waals surface area contributed by atoms with Crippen molar-refractivity contribution >= 4 is 23.5 Å². The summed E-state index contributed by atoms with van der Waals surface area (Å²) in [7, 11) is 0. The van der Waals surface area contributed by atoms with Crippen molar-refractivity contribution in [3.05, 3.63) is 46.7 Å². The molecule has 0 aliphatic heterocycles. The van der Waals surface area contributed by atoms with Gasteiger partial charge >= 0.3 is 5.97 Å². The summed E-state index contributed by atoms with van der Waals surface area (Å²) in [6.45, 7) is 1.79. The van der Waals surface area contributed by atoms with E-state index in [1.165, 1.54) is 6.20 Å². The highest BCUT2D eigenvalue weighted by atomic mass is 35.5. The molecule has 0 atom stereocenters. The van der Waals surface area contributed by atoms with Gasteiger partial charge in [-0.15, -0.1) is 0 Å². The van der Waals surface area contributed by atoms with Crippen molar-refractivity contribution in [2.24, 2.45) is 0 Å². The quantitative estimate of drug-likeness (QED) is 0.870. The van der Waals surface area contributed by atoms with Gasteiger partial charge in [0.05, 0.1) is 40.1 Å². The average molecular weight is 348 g/mol. The molecule has 0 unspecified atom stereocenters. The number of benzene rings is 1. The molecule has 0 bridgehead atoms. The fourth-order valence-corrected chi connectivity index (χ4v) is 3.26. The number of hydrogen-bond donors (Lipinski definition) is 2. The summed E-state index contributed by atoms with van der Waals surface area (Å²) in [6.07, 6.45) is 3.72.